The molecule has 0 spiro atoms. The Morgan fingerprint density at radius 3 is 2.47 bits per heavy atom. The van der Waals surface area contributed by atoms with Crippen LogP contribution in [0.3, 0.4) is 0 Å². The smallest absolute Gasteiger partial charge is 0.130 e. The highest BCUT2D eigenvalue weighted by Crippen LogP contribution is 2.23. The highest BCUT2D eigenvalue weighted by molar-refractivity contribution is 5.64. The van der Waals surface area contributed by atoms with E-state index in [1.165, 1.54) is 16.7 Å². The van der Waals surface area contributed by atoms with Crippen LogP contribution in [-0.4, -0.2) is 16.0 Å². The van der Waals surface area contributed by atoms with Crippen LogP contribution in [-0.2, 0) is 6.42 Å². The first kappa shape index (κ1) is 13.7. The zero-order valence-electron chi connectivity index (χ0n) is 12.1. The molecule has 0 amide bonds. The molecule has 0 aliphatic carbocycles. The minimum atomic E-state index is 0.0776. The average Bonchev–Trinajstić information content (AvgIpc) is 2.26. The predicted molar refractivity (Wildman–Crippen MR) is 79.0 cm³/mol. The first-order chi connectivity index (χ1) is 8.95. The van der Waals surface area contributed by atoms with E-state index in [4.69, 9.17) is 5.73 Å². The Hall–Kier alpha value is -1.74. The van der Waals surface area contributed by atoms with Crippen molar-refractivity contribution in [3.63, 3.8) is 0 Å². The van der Waals surface area contributed by atoms with Gasteiger partial charge in [0.2, 0.25) is 0 Å². The Labute approximate surface area is 114 Å². The number of aromatic nitrogens is 2. The first-order valence-corrected chi connectivity index (χ1v) is 6.63. The van der Waals surface area contributed by atoms with Crippen molar-refractivity contribution in [1.29, 1.82) is 0 Å². The van der Waals surface area contributed by atoms with Crippen LogP contribution in [0.2, 0.25) is 0 Å². The number of nitrogens with zero attached hydrogens (tertiary/aromatic N) is 2. The molecule has 1 aromatic heterocycles. The van der Waals surface area contributed by atoms with Crippen molar-refractivity contribution < 1.29 is 0 Å². The third-order valence-corrected chi connectivity index (χ3v) is 3.06. The predicted octanol–water partition coefficient (Wildman–Crippen LogP) is 2.96. The van der Waals surface area contributed by atoms with Gasteiger partial charge in [-0.05, 0) is 39.3 Å². The summed E-state index contributed by atoms with van der Waals surface area (Å²) in [6, 6.07) is 8.53. The van der Waals surface area contributed by atoms with Crippen LogP contribution in [0.25, 0.3) is 11.3 Å². The molecular weight excluding hydrogens is 234 g/mol. The lowest BCUT2D eigenvalue weighted by Crippen LogP contribution is -2.19. The highest BCUT2D eigenvalue weighted by atomic mass is 14.9. The number of hydrogen-bond acceptors (Lipinski definition) is 3. The van der Waals surface area contributed by atoms with Crippen LogP contribution < -0.4 is 5.73 Å². The SMILES string of the molecule is Cc1ccc(-c2cc(C)nc(CC(C)N)n2)c(C)c1. The van der Waals surface area contributed by atoms with Crippen LogP contribution in [0.15, 0.2) is 24.3 Å². The van der Waals surface area contributed by atoms with Crippen molar-refractivity contribution in [3.8, 4) is 11.3 Å². The summed E-state index contributed by atoms with van der Waals surface area (Å²) in [6.45, 7) is 8.19. The minimum absolute atomic E-state index is 0.0776. The summed E-state index contributed by atoms with van der Waals surface area (Å²) in [7, 11) is 0. The molecule has 0 aliphatic rings. The van der Waals surface area contributed by atoms with E-state index in [1.54, 1.807) is 0 Å². The molecule has 0 bridgehead atoms. The second-order valence-corrected chi connectivity index (χ2v) is 5.31. The molecule has 1 aromatic carbocycles. The topological polar surface area (TPSA) is 51.8 Å². The Morgan fingerprint density at radius 1 is 1.11 bits per heavy atom. The van der Waals surface area contributed by atoms with Gasteiger partial charge >= 0.3 is 0 Å². The Kier molecular flexibility index (Phi) is 3.96. The van der Waals surface area contributed by atoms with Crippen molar-refractivity contribution in [1.82, 2.24) is 9.97 Å². The summed E-state index contributed by atoms with van der Waals surface area (Å²) in [5, 5.41) is 0. The van der Waals surface area contributed by atoms with E-state index in [2.05, 4.69) is 42.0 Å². The lowest BCUT2D eigenvalue weighted by atomic mass is 10.0. The van der Waals surface area contributed by atoms with E-state index in [9.17, 15) is 0 Å². The first-order valence-electron chi connectivity index (χ1n) is 6.63. The van der Waals surface area contributed by atoms with Crippen LogP contribution in [0.5, 0.6) is 0 Å². The molecule has 0 fully saturated rings. The van der Waals surface area contributed by atoms with E-state index >= 15 is 0 Å². The van der Waals surface area contributed by atoms with Crippen LogP contribution >= 0.6 is 0 Å². The van der Waals surface area contributed by atoms with Crippen molar-refractivity contribution in [3.05, 3.63) is 46.9 Å². The molecule has 0 radical (unpaired) electrons. The summed E-state index contributed by atoms with van der Waals surface area (Å²) in [4.78, 5) is 9.10. The van der Waals surface area contributed by atoms with E-state index in [0.717, 1.165) is 17.2 Å². The maximum Gasteiger partial charge on any atom is 0.130 e. The molecule has 3 heteroatoms. The summed E-state index contributed by atoms with van der Waals surface area (Å²) in [6.07, 6.45) is 0.708. The molecule has 100 valence electrons. The maximum absolute atomic E-state index is 5.83. The van der Waals surface area contributed by atoms with Gasteiger partial charge in [-0.3, -0.25) is 0 Å². The third kappa shape index (κ3) is 3.38. The molecule has 2 N–H and O–H groups in total. The standard InChI is InChI=1S/C16H21N3/c1-10-5-6-14(11(2)7-10)15-9-13(4)18-16(19-15)8-12(3)17/h5-7,9,12H,8,17H2,1-4H3. The fraction of sp³-hybridized carbons (Fsp3) is 0.375. The average molecular weight is 255 g/mol. The molecule has 19 heavy (non-hydrogen) atoms. The number of benzene rings is 1. The van der Waals surface area contributed by atoms with E-state index < -0.39 is 0 Å². The molecular formula is C16H21N3. The van der Waals surface area contributed by atoms with Crippen LogP contribution in [0, 0.1) is 20.8 Å². The second-order valence-electron chi connectivity index (χ2n) is 5.31. The van der Waals surface area contributed by atoms with E-state index in [0.29, 0.717) is 6.42 Å². The van der Waals surface area contributed by atoms with Gasteiger partial charge in [-0.15, -0.1) is 0 Å². The minimum Gasteiger partial charge on any atom is -0.328 e. The van der Waals surface area contributed by atoms with Crippen molar-refractivity contribution in [2.24, 2.45) is 5.73 Å². The summed E-state index contributed by atoms with van der Waals surface area (Å²) < 4.78 is 0. The lowest BCUT2D eigenvalue weighted by molar-refractivity contribution is 0.699. The Balaban J connectivity index is 2.46. The molecule has 3 nitrogen and oxygen atoms in total. The van der Waals surface area contributed by atoms with Gasteiger partial charge in [-0.25, -0.2) is 9.97 Å². The van der Waals surface area contributed by atoms with Crippen molar-refractivity contribution in [2.75, 3.05) is 0 Å². The van der Waals surface area contributed by atoms with Gasteiger partial charge < -0.3 is 5.73 Å². The normalized spacial score (nSPS) is 12.5. The summed E-state index contributed by atoms with van der Waals surface area (Å²) >= 11 is 0. The molecule has 1 atom stereocenters. The number of hydrogen-bond donors (Lipinski definition) is 1. The molecule has 0 saturated heterocycles. The summed E-state index contributed by atoms with van der Waals surface area (Å²) in [5.41, 5.74) is 11.5. The van der Waals surface area contributed by atoms with Gasteiger partial charge in [-0.2, -0.15) is 0 Å². The van der Waals surface area contributed by atoms with Gasteiger partial charge in [0.25, 0.3) is 0 Å². The Bertz CT molecular complexity index is 589. The molecule has 1 heterocycles. The second kappa shape index (κ2) is 5.49. The maximum atomic E-state index is 5.83. The summed E-state index contributed by atoms with van der Waals surface area (Å²) in [5.74, 6) is 0.824. The largest absolute Gasteiger partial charge is 0.328 e. The quantitative estimate of drug-likeness (QED) is 0.917. The molecule has 2 aromatic rings. The zero-order chi connectivity index (χ0) is 14.0. The van der Waals surface area contributed by atoms with E-state index in [-0.39, 0.29) is 6.04 Å². The number of rotatable bonds is 3. The fourth-order valence-corrected chi connectivity index (χ4v) is 2.25. The van der Waals surface area contributed by atoms with E-state index in [1.807, 2.05) is 19.9 Å². The van der Waals surface area contributed by atoms with Crippen molar-refractivity contribution in [2.45, 2.75) is 40.2 Å². The number of aryl methyl sites for hydroxylation is 3. The lowest BCUT2D eigenvalue weighted by Gasteiger charge is -2.10. The molecule has 0 aliphatic heterocycles. The fourth-order valence-electron chi connectivity index (χ4n) is 2.25. The van der Waals surface area contributed by atoms with Crippen LogP contribution in [0.1, 0.15) is 29.6 Å². The van der Waals surface area contributed by atoms with Gasteiger partial charge in [0.15, 0.2) is 0 Å². The third-order valence-electron chi connectivity index (χ3n) is 3.06. The highest BCUT2D eigenvalue weighted by Gasteiger charge is 2.08. The van der Waals surface area contributed by atoms with Crippen molar-refractivity contribution >= 4 is 0 Å². The molecule has 2 rings (SSSR count). The zero-order valence-corrected chi connectivity index (χ0v) is 12.1. The Morgan fingerprint density at radius 2 is 1.84 bits per heavy atom. The van der Waals surface area contributed by atoms with Gasteiger partial charge in [0.05, 0.1) is 5.69 Å². The van der Waals surface area contributed by atoms with Gasteiger partial charge in [-0.1, -0.05) is 23.8 Å². The molecule has 1 unspecified atom stereocenters. The molecule has 0 saturated carbocycles. The van der Waals surface area contributed by atoms with Gasteiger partial charge in [0.1, 0.15) is 5.82 Å². The monoisotopic (exact) mass is 255 g/mol. The van der Waals surface area contributed by atoms with Gasteiger partial charge in [0, 0.05) is 23.7 Å². The van der Waals surface area contributed by atoms with Crippen LogP contribution in [0.4, 0.5) is 0 Å². The number of nitrogens with two attached hydrogens (primary N) is 1.